The molecule has 1 saturated carbocycles. The van der Waals surface area contributed by atoms with E-state index >= 15 is 0 Å². The van der Waals surface area contributed by atoms with Gasteiger partial charge in [-0.3, -0.25) is 9.59 Å². The Balaban J connectivity index is 1.66. The molecule has 1 aliphatic carbocycles. The van der Waals surface area contributed by atoms with E-state index < -0.39 is 0 Å². The minimum absolute atomic E-state index is 0.00675. The number of amides is 1. The Morgan fingerprint density at radius 1 is 1.29 bits per heavy atom. The van der Waals surface area contributed by atoms with Crippen molar-refractivity contribution in [3.05, 3.63) is 46.5 Å². The first kappa shape index (κ1) is 13.9. The number of carbonyl (C=O) groups excluding carboxylic acids is 2. The second-order valence-corrected chi connectivity index (χ2v) is 6.34. The molecule has 0 aliphatic heterocycles. The topological polar surface area (TPSA) is 59.1 Å². The molecule has 1 heterocycles. The van der Waals surface area contributed by atoms with Crippen molar-refractivity contribution in [2.75, 3.05) is 5.32 Å². The van der Waals surface area contributed by atoms with Crippen LogP contribution in [0, 0.1) is 12.8 Å². The fourth-order valence-electron chi connectivity index (χ4n) is 2.53. The van der Waals surface area contributed by atoms with E-state index in [9.17, 15) is 9.59 Å². The lowest BCUT2D eigenvalue weighted by atomic mass is 10.1. The molecule has 2 aromatic rings. The molecule has 108 valence electrons. The fraction of sp³-hybridized carbons (Fsp3) is 0.312. The second kappa shape index (κ2) is 5.41. The molecule has 0 saturated heterocycles. The highest BCUT2D eigenvalue weighted by Gasteiger charge is 2.44. The van der Waals surface area contributed by atoms with Crippen molar-refractivity contribution in [2.24, 2.45) is 5.92 Å². The minimum atomic E-state index is -0.0147. The number of thiazole rings is 1. The Kier molecular flexibility index (Phi) is 3.59. The Bertz CT molecular complexity index is 694. The van der Waals surface area contributed by atoms with Gasteiger partial charge in [0, 0.05) is 12.8 Å². The van der Waals surface area contributed by atoms with Gasteiger partial charge in [0.1, 0.15) is 0 Å². The first-order valence-electron chi connectivity index (χ1n) is 6.90. The highest BCUT2D eigenvalue weighted by atomic mass is 32.1. The highest BCUT2D eigenvalue weighted by Crippen LogP contribution is 2.48. The summed E-state index contributed by atoms with van der Waals surface area (Å²) >= 11 is 1.25. The largest absolute Gasteiger partial charge is 0.302 e. The summed E-state index contributed by atoms with van der Waals surface area (Å²) in [4.78, 5) is 28.5. The van der Waals surface area contributed by atoms with Gasteiger partial charge in [0.15, 0.2) is 10.9 Å². The van der Waals surface area contributed by atoms with Crippen LogP contribution < -0.4 is 5.32 Å². The molecule has 0 spiro atoms. The Hall–Kier alpha value is -2.01. The third-order valence-electron chi connectivity index (χ3n) is 3.70. The highest BCUT2D eigenvalue weighted by molar-refractivity contribution is 7.17. The van der Waals surface area contributed by atoms with E-state index in [1.807, 2.05) is 18.2 Å². The smallest absolute Gasteiger partial charge is 0.229 e. The predicted octanol–water partition coefficient (Wildman–Crippen LogP) is 3.40. The van der Waals surface area contributed by atoms with Crippen LogP contribution in [-0.2, 0) is 4.79 Å². The van der Waals surface area contributed by atoms with E-state index in [2.05, 4.69) is 22.4 Å². The van der Waals surface area contributed by atoms with Crippen molar-refractivity contribution in [2.45, 2.75) is 26.2 Å². The zero-order chi connectivity index (χ0) is 15.0. The van der Waals surface area contributed by atoms with Gasteiger partial charge in [-0.2, -0.15) is 0 Å². The number of aromatic nitrogens is 1. The van der Waals surface area contributed by atoms with Crippen LogP contribution in [-0.4, -0.2) is 16.7 Å². The molecule has 4 nitrogen and oxygen atoms in total. The van der Waals surface area contributed by atoms with Crippen LogP contribution >= 0.6 is 11.3 Å². The Morgan fingerprint density at radius 3 is 2.62 bits per heavy atom. The molecule has 3 rings (SSSR count). The van der Waals surface area contributed by atoms with Crippen molar-refractivity contribution >= 4 is 28.2 Å². The van der Waals surface area contributed by atoms with Gasteiger partial charge in [-0.25, -0.2) is 4.98 Å². The number of hydrogen-bond donors (Lipinski definition) is 1. The average Bonchev–Trinajstić information content (AvgIpc) is 3.18. The SMILES string of the molecule is CC(=O)c1sc(NC(=O)C2CC2c2ccccc2)nc1C. The number of rotatable bonds is 4. The minimum Gasteiger partial charge on any atom is -0.302 e. The molecule has 21 heavy (non-hydrogen) atoms. The van der Waals surface area contributed by atoms with E-state index in [0.717, 1.165) is 6.42 Å². The first-order valence-corrected chi connectivity index (χ1v) is 7.72. The molecule has 2 unspecified atom stereocenters. The van der Waals surface area contributed by atoms with Crippen LogP contribution in [0.5, 0.6) is 0 Å². The molecule has 1 aromatic heterocycles. The lowest BCUT2D eigenvalue weighted by molar-refractivity contribution is -0.117. The monoisotopic (exact) mass is 300 g/mol. The maximum absolute atomic E-state index is 12.2. The number of anilines is 1. The van der Waals surface area contributed by atoms with Gasteiger partial charge in [-0.15, -0.1) is 0 Å². The molecule has 1 amide bonds. The lowest BCUT2D eigenvalue weighted by Gasteiger charge is -2.01. The quantitative estimate of drug-likeness (QED) is 0.880. The molecule has 2 atom stereocenters. The van der Waals surface area contributed by atoms with E-state index in [1.54, 1.807) is 6.92 Å². The van der Waals surface area contributed by atoms with Crippen molar-refractivity contribution in [3.8, 4) is 0 Å². The Labute approximate surface area is 127 Å². The number of aryl methyl sites for hydroxylation is 1. The maximum Gasteiger partial charge on any atom is 0.229 e. The summed E-state index contributed by atoms with van der Waals surface area (Å²) in [6.45, 7) is 3.30. The van der Waals surface area contributed by atoms with E-state index in [1.165, 1.54) is 23.8 Å². The third kappa shape index (κ3) is 2.88. The summed E-state index contributed by atoms with van der Waals surface area (Å²) < 4.78 is 0. The molecule has 1 N–H and O–H groups in total. The molecule has 5 heteroatoms. The van der Waals surface area contributed by atoms with Gasteiger partial charge < -0.3 is 5.32 Å². The van der Waals surface area contributed by atoms with Crippen LogP contribution in [0.1, 0.15) is 40.2 Å². The molecular weight excluding hydrogens is 284 g/mol. The van der Waals surface area contributed by atoms with Gasteiger partial charge in [0.05, 0.1) is 10.6 Å². The van der Waals surface area contributed by atoms with Gasteiger partial charge in [-0.1, -0.05) is 41.7 Å². The zero-order valence-electron chi connectivity index (χ0n) is 11.9. The van der Waals surface area contributed by atoms with Gasteiger partial charge in [0.2, 0.25) is 5.91 Å². The van der Waals surface area contributed by atoms with Crippen molar-refractivity contribution < 1.29 is 9.59 Å². The van der Waals surface area contributed by atoms with Crippen LogP contribution in [0.4, 0.5) is 5.13 Å². The first-order chi connectivity index (χ1) is 10.1. The summed E-state index contributed by atoms with van der Waals surface area (Å²) in [6.07, 6.45) is 0.875. The third-order valence-corrected chi connectivity index (χ3v) is 4.88. The molecule has 1 aliphatic rings. The number of nitrogens with zero attached hydrogens (tertiary/aromatic N) is 1. The van der Waals surface area contributed by atoms with Crippen LogP contribution in [0.3, 0.4) is 0 Å². The van der Waals surface area contributed by atoms with E-state index in [0.29, 0.717) is 21.6 Å². The van der Waals surface area contributed by atoms with Gasteiger partial charge in [-0.05, 0) is 24.8 Å². The van der Waals surface area contributed by atoms with E-state index in [4.69, 9.17) is 0 Å². The number of benzene rings is 1. The summed E-state index contributed by atoms with van der Waals surface area (Å²) in [6, 6.07) is 10.1. The molecule has 1 aromatic carbocycles. The van der Waals surface area contributed by atoms with Gasteiger partial charge >= 0.3 is 0 Å². The van der Waals surface area contributed by atoms with Crippen molar-refractivity contribution in [3.63, 3.8) is 0 Å². The average molecular weight is 300 g/mol. The summed E-state index contributed by atoms with van der Waals surface area (Å²) in [7, 11) is 0. The lowest BCUT2D eigenvalue weighted by Crippen LogP contribution is -2.14. The molecular formula is C16H16N2O2S. The number of carbonyl (C=O) groups is 2. The molecule has 0 bridgehead atoms. The summed E-state index contributed by atoms with van der Waals surface area (Å²) in [5, 5.41) is 3.35. The predicted molar refractivity (Wildman–Crippen MR) is 82.8 cm³/mol. The Morgan fingerprint density at radius 2 is 2.00 bits per heavy atom. The fourth-order valence-corrected chi connectivity index (χ4v) is 3.39. The van der Waals surface area contributed by atoms with Crippen LogP contribution in [0.15, 0.2) is 30.3 Å². The van der Waals surface area contributed by atoms with Crippen molar-refractivity contribution in [1.82, 2.24) is 4.98 Å². The number of hydrogen-bond acceptors (Lipinski definition) is 4. The summed E-state index contributed by atoms with van der Waals surface area (Å²) in [5.74, 6) is 0.295. The number of nitrogens with one attached hydrogen (secondary N) is 1. The zero-order valence-corrected chi connectivity index (χ0v) is 12.7. The summed E-state index contributed by atoms with van der Waals surface area (Å²) in [5.41, 5.74) is 1.88. The van der Waals surface area contributed by atoms with Crippen LogP contribution in [0.2, 0.25) is 0 Å². The number of Topliss-reactive ketones (excluding diaryl/α,β-unsaturated/α-hetero) is 1. The van der Waals surface area contributed by atoms with E-state index in [-0.39, 0.29) is 17.6 Å². The maximum atomic E-state index is 12.2. The standard InChI is InChI=1S/C16H16N2O2S/c1-9-14(10(2)19)21-16(17-9)18-15(20)13-8-12(13)11-6-4-3-5-7-11/h3-7,12-13H,8H2,1-2H3,(H,17,18,20). The van der Waals surface area contributed by atoms with Crippen molar-refractivity contribution in [1.29, 1.82) is 0 Å². The molecule has 1 fully saturated rings. The second-order valence-electron chi connectivity index (χ2n) is 5.34. The normalized spacial score (nSPS) is 20.1. The number of ketones is 1. The van der Waals surface area contributed by atoms with Gasteiger partial charge in [0.25, 0.3) is 0 Å². The molecule has 0 radical (unpaired) electrons. The van der Waals surface area contributed by atoms with Crippen LogP contribution in [0.25, 0.3) is 0 Å².